The molecule has 2 aromatic rings. The van der Waals surface area contributed by atoms with Crippen molar-refractivity contribution in [3.05, 3.63) is 35.5 Å². The van der Waals surface area contributed by atoms with Crippen LogP contribution in [0.25, 0.3) is 10.9 Å². The van der Waals surface area contributed by atoms with Gasteiger partial charge in [0.1, 0.15) is 0 Å². The van der Waals surface area contributed by atoms with E-state index in [0.29, 0.717) is 5.92 Å². The van der Waals surface area contributed by atoms with Crippen LogP contribution < -0.4 is 0 Å². The highest BCUT2D eigenvalue weighted by Gasteiger charge is 2.18. The second-order valence-corrected chi connectivity index (χ2v) is 7.14. The molecule has 0 aliphatic heterocycles. The van der Waals surface area contributed by atoms with Crippen molar-refractivity contribution in [3.8, 4) is 0 Å². The number of pyridine rings is 1. The zero-order chi connectivity index (χ0) is 15.5. The van der Waals surface area contributed by atoms with Gasteiger partial charge in [-0.2, -0.15) is 0 Å². The summed E-state index contributed by atoms with van der Waals surface area (Å²) in [6.45, 7) is 0. The van der Waals surface area contributed by atoms with Crippen LogP contribution in [0, 0.1) is 5.92 Å². The highest BCUT2D eigenvalue weighted by Crippen LogP contribution is 2.35. The van der Waals surface area contributed by atoms with E-state index < -0.39 is 0 Å². The first-order valence-electron chi connectivity index (χ1n) is 9.36. The molecule has 23 heavy (non-hydrogen) atoms. The number of benzene rings is 1. The SMILES string of the molecule is C(=Nc1c2c(nc3ccccc13)CCCC2)C1CCCCCC1. The fourth-order valence-electron chi connectivity index (χ4n) is 4.13. The van der Waals surface area contributed by atoms with Gasteiger partial charge in [0.25, 0.3) is 0 Å². The summed E-state index contributed by atoms with van der Waals surface area (Å²) in [5.74, 6) is 0.670. The van der Waals surface area contributed by atoms with E-state index >= 15 is 0 Å². The van der Waals surface area contributed by atoms with Gasteiger partial charge in [0.2, 0.25) is 0 Å². The first kappa shape index (κ1) is 14.9. The third-order valence-electron chi connectivity index (χ3n) is 5.45. The lowest BCUT2D eigenvalue weighted by atomic mass is 9.92. The molecule has 120 valence electrons. The van der Waals surface area contributed by atoms with E-state index in [2.05, 4.69) is 30.5 Å². The van der Waals surface area contributed by atoms with Crippen LogP contribution in [0.3, 0.4) is 0 Å². The van der Waals surface area contributed by atoms with Crippen LogP contribution >= 0.6 is 0 Å². The standard InChI is InChI=1S/C21H26N2/c1-2-4-10-16(9-3-1)15-22-21-17-11-5-7-13-19(17)23-20-14-8-6-12-18(20)21/h5,7,11,13,15-16H,1-4,6,8-10,12,14H2. The van der Waals surface area contributed by atoms with Crippen LogP contribution in [0.1, 0.15) is 62.6 Å². The lowest BCUT2D eigenvalue weighted by Crippen LogP contribution is -2.07. The van der Waals surface area contributed by atoms with Gasteiger partial charge in [0.15, 0.2) is 0 Å². The van der Waals surface area contributed by atoms with Crippen LogP contribution in [0.2, 0.25) is 0 Å². The second-order valence-electron chi connectivity index (χ2n) is 7.14. The van der Waals surface area contributed by atoms with E-state index in [0.717, 1.165) is 18.4 Å². The normalized spacial score (nSPS) is 19.8. The minimum atomic E-state index is 0.670. The van der Waals surface area contributed by atoms with Gasteiger partial charge in [-0.1, -0.05) is 43.9 Å². The average Bonchev–Trinajstić information content (AvgIpc) is 2.87. The molecule has 4 rings (SSSR count). The van der Waals surface area contributed by atoms with Crippen LogP contribution in [-0.4, -0.2) is 11.2 Å². The maximum Gasteiger partial charge on any atom is 0.0769 e. The molecule has 0 amide bonds. The second kappa shape index (κ2) is 6.82. The summed E-state index contributed by atoms with van der Waals surface area (Å²) in [7, 11) is 0. The summed E-state index contributed by atoms with van der Waals surface area (Å²) in [6.07, 6.45) is 15.2. The number of fused-ring (bicyclic) bond motifs is 2. The highest BCUT2D eigenvalue weighted by atomic mass is 14.8. The Labute approximate surface area is 139 Å². The molecule has 2 nitrogen and oxygen atoms in total. The molecule has 0 unspecified atom stereocenters. The van der Waals surface area contributed by atoms with Crippen molar-refractivity contribution in [1.29, 1.82) is 0 Å². The van der Waals surface area contributed by atoms with Gasteiger partial charge in [-0.15, -0.1) is 0 Å². The molecular formula is C21H26N2. The summed E-state index contributed by atoms with van der Waals surface area (Å²) in [6, 6.07) is 8.53. The van der Waals surface area contributed by atoms with Gasteiger partial charge in [0.05, 0.1) is 11.2 Å². The molecule has 0 atom stereocenters. The Morgan fingerprint density at radius 1 is 0.913 bits per heavy atom. The van der Waals surface area contributed by atoms with Gasteiger partial charge in [-0.25, -0.2) is 0 Å². The van der Waals surface area contributed by atoms with Crippen LogP contribution in [-0.2, 0) is 12.8 Å². The molecular weight excluding hydrogens is 280 g/mol. The molecule has 2 aliphatic rings. The molecule has 0 bridgehead atoms. The Hall–Kier alpha value is -1.70. The minimum Gasteiger partial charge on any atom is -0.260 e. The Morgan fingerprint density at radius 3 is 2.57 bits per heavy atom. The lowest BCUT2D eigenvalue weighted by Gasteiger charge is -2.19. The van der Waals surface area contributed by atoms with Gasteiger partial charge in [-0.05, 0) is 56.1 Å². The van der Waals surface area contributed by atoms with E-state index in [1.807, 2.05) is 0 Å². The molecule has 1 aromatic heterocycles. The summed E-state index contributed by atoms with van der Waals surface area (Å²) in [5.41, 5.74) is 5.04. The quantitative estimate of drug-likeness (QED) is 0.509. The smallest absolute Gasteiger partial charge is 0.0769 e. The van der Waals surface area contributed by atoms with Crippen molar-refractivity contribution < 1.29 is 0 Å². The first-order valence-corrected chi connectivity index (χ1v) is 9.36. The van der Waals surface area contributed by atoms with Crippen molar-refractivity contribution in [3.63, 3.8) is 0 Å². The number of aromatic nitrogens is 1. The Bertz CT molecular complexity index is 709. The highest BCUT2D eigenvalue weighted by molar-refractivity contribution is 5.93. The molecule has 1 aromatic carbocycles. The maximum absolute atomic E-state index is 5.05. The Morgan fingerprint density at radius 2 is 1.70 bits per heavy atom. The Balaban J connectivity index is 1.74. The summed E-state index contributed by atoms with van der Waals surface area (Å²) < 4.78 is 0. The number of nitrogens with zero attached hydrogens (tertiary/aromatic N) is 2. The van der Waals surface area contributed by atoms with Gasteiger partial charge in [-0.3, -0.25) is 9.98 Å². The van der Waals surface area contributed by atoms with E-state index in [4.69, 9.17) is 9.98 Å². The number of hydrogen-bond acceptors (Lipinski definition) is 2. The van der Waals surface area contributed by atoms with E-state index in [1.54, 1.807) is 0 Å². The van der Waals surface area contributed by atoms with Crippen LogP contribution in [0.15, 0.2) is 29.3 Å². The zero-order valence-electron chi connectivity index (χ0n) is 13.9. The summed E-state index contributed by atoms with van der Waals surface area (Å²) >= 11 is 0. The fraction of sp³-hybridized carbons (Fsp3) is 0.524. The summed E-state index contributed by atoms with van der Waals surface area (Å²) in [4.78, 5) is 9.96. The number of aryl methyl sites for hydroxylation is 1. The van der Waals surface area contributed by atoms with Crippen molar-refractivity contribution in [2.24, 2.45) is 10.9 Å². The predicted octanol–water partition coefficient (Wildman–Crippen LogP) is 5.79. The third kappa shape index (κ3) is 3.17. The maximum atomic E-state index is 5.05. The predicted molar refractivity (Wildman–Crippen MR) is 97.7 cm³/mol. The average molecular weight is 306 g/mol. The van der Waals surface area contributed by atoms with Gasteiger partial charge in [0, 0.05) is 17.3 Å². The molecule has 0 N–H and O–H groups in total. The molecule has 2 heteroatoms. The van der Waals surface area contributed by atoms with Gasteiger partial charge >= 0.3 is 0 Å². The molecule has 0 radical (unpaired) electrons. The number of aliphatic imine (C=N–C) groups is 1. The topological polar surface area (TPSA) is 25.2 Å². The van der Waals surface area contributed by atoms with E-state index in [9.17, 15) is 0 Å². The van der Waals surface area contributed by atoms with Crippen molar-refractivity contribution in [2.45, 2.75) is 64.2 Å². The fourth-order valence-corrected chi connectivity index (χ4v) is 4.13. The molecule has 1 heterocycles. The zero-order valence-corrected chi connectivity index (χ0v) is 13.9. The first-order chi connectivity index (χ1) is 11.4. The molecule has 1 fully saturated rings. The largest absolute Gasteiger partial charge is 0.260 e. The van der Waals surface area contributed by atoms with E-state index in [1.165, 1.54) is 73.7 Å². The third-order valence-corrected chi connectivity index (χ3v) is 5.45. The molecule has 0 spiro atoms. The van der Waals surface area contributed by atoms with E-state index in [-0.39, 0.29) is 0 Å². The number of rotatable bonds is 2. The van der Waals surface area contributed by atoms with Crippen LogP contribution in [0.5, 0.6) is 0 Å². The number of hydrogen-bond donors (Lipinski definition) is 0. The molecule has 2 aliphatic carbocycles. The number of para-hydroxylation sites is 1. The van der Waals surface area contributed by atoms with Crippen LogP contribution in [0.4, 0.5) is 5.69 Å². The van der Waals surface area contributed by atoms with Crippen molar-refractivity contribution >= 4 is 22.8 Å². The van der Waals surface area contributed by atoms with Gasteiger partial charge < -0.3 is 0 Å². The minimum absolute atomic E-state index is 0.670. The van der Waals surface area contributed by atoms with Crippen molar-refractivity contribution in [2.75, 3.05) is 0 Å². The van der Waals surface area contributed by atoms with Crippen molar-refractivity contribution in [1.82, 2.24) is 4.98 Å². The lowest BCUT2D eigenvalue weighted by molar-refractivity contribution is 0.601. The molecule has 1 saturated carbocycles. The monoisotopic (exact) mass is 306 g/mol. The summed E-state index contributed by atoms with van der Waals surface area (Å²) in [5, 5.41) is 1.23. The Kier molecular flexibility index (Phi) is 4.41. The molecule has 0 saturated heterocycles.